The standard InChI is InChI=1S/C12H21N3OS/c1-8(16)13-4-5-14-12(17)15-11-7-9-2-3-10(11)6-9/h9-11H,2-7H2,1H3,(H,13,16)(H2,14,15,17)/t9-,10-,11+/m0/s1. The van der Waals surface area contributed by atoms with E-state index < -0.39 is 0 Å². The van der Waals surface area contributed by atoms with Crippen LogP contribution in [0.15, 0.2) is 0 Å². The third-order valence-corrected chi connectivity index (χ3v) is 4.10. The average Bonchev–Trinajstić information content (AvgIpc) is 2.86. The van der Waals surface area contributed by atoms with Crippen LogP contribution in [-0.4, -0.2) is 30.2 Å². The second kappa shape index (κ2) is 5.67. The maximum absolute atomic E-state index is 10.7. The fraction of sp³-hybridized carbons (Fsp3) is 0.833. The van der Waals surface area contributed by atoms with Gasteiger partial charge in [0.05, 0.1) is 0 Å². The summed E-state index contributed by atoms with van der Waals surface area (Å²) in [5, 5.41) is 10.00. The summed E-state index contributed by atoms with van der Waals surface area (Å²) in [6, 6.07) is 0.578. The van der Waals surface area contributed by atoms with Gasteiger partial charge in [0.1, 0.15) is 0 Å². The lowest BCUT2D eigenvalue weighted by Gasteiger charge is -2.24. The lowest BCUT2D eigenvalue weighted by molar-refractivity contribution is -0.118. The molecule has 0 spiro atoms. The zero-order valence-corrected chi connectivity index (χ0v) is 11.1. The van der Waals surface area contributed by atoms with Crippen molar-refractivity contribution in [3.05, 3.63) is 0 Å². The van der Waals surface area contributed by atoms with E-state index >= 15 is 0 Å². The molecule has 2 aliphatic carbocycles. The molecular formula is C12H21N3OS. The Balaban J connectivity index is 1.59. The van der Waals surface area contributed by atoms with E-state index in [0.717, 1.165) is 16.9 Å². The second-order valence-corrected chi connectivity index (χ2v) is 5.57. The second-order valence-electron chi connectivity index (χ2n) is 5.16. The number of nitrogens with one attached hydrogen (secondary N) is 3. The third kappa shape index (κ3) is 3.56. The van der Waals surface area contributed by atoms with Gasteiger partial charge in [-0.15, -0.1) is 0 Å². The Hall–Kier alpha value is -0.840. The Bertz CT molecular complexity index is 308. The Kier molecular flexibility index (Phi) is 4.20. The third-order valence-electron chi connectivity index (χ3n) is 3.84. The number of amides is 1. The lowest BCUT2D eigenvalue weighted by atomic mass is 9.96. The highest BCUT2D eigenvalue weighted by molar-refractivity contribution is 7.80. The molecule has 0 aliphatic heterocycles. The number of carbonyl (C=O) groups excluding carboxylic acids is 1. The van der Waals surface area contributed by atoms with E-state index in [4.69, 9.17) is 12.2 Å². The summed E-state index contributed by atoms with van der Waals surface area (Å²) in [6.45, 7) is 2.83. The molecule has 96 valence electrons. The molecule has 0 saturated heterocycles. The van der Waals surface area contributed by atoms with Crippen molar-refractivity contribution in [1.82, 2.24) is 16.0 Å². The van der Waals surface area contributed by atoms with Gasteiger partial charge in [-0.3, -0.25) is 4.79 Å². The predicted octanol–water partition coefficient (Wildman–Crippen LogP) is 0.775. The average molecular weight is 255 g/mol. The first-order valence-corrected chi connectivity index (χ1v) is 6.85. The molecule has 2 bridgehead atoms. The molecule has 0 aromatic rings. The monoisotopic (exact) mass is 255 g/mol. The maximum atomic E-state index is 10.7. The minimum absolute atomic E-state index is 0.00113. The van der Waals surface area contributed by atoms with E-state index in [9.17, 15) is 4.79 Å². The van der Waals surface area contributed by atoms with Crippen LogP contribution in [0.4, 0.5) is 0 Å². The summed E-state index contributed by atoms with van der Waals surface area (Å²) in [4.78, 5) is 10.7. The Labute approximate surface area is 108 Å². The van der Waals surface area contributed by atoms with Crippen molar-refractivity contribution in [3.8, 4) is 0 Å². The van der Waals surface area contributed by atoms with Crippen molar-refractivity contribution in [2.24, 2.45) is 11.8 Å². The van der Waals surface area contributed by atoms with Gasteiger partial charge in [0, 0.05) is 26.1 Å². The largest absolute Gasteiger partial charge is 0.361 e. The van der Waals surface area contributed by atoms with Crippen LogP contribution in [0.5, 0.6) is 0 Å². The molecule has 1 amide bonds. The van der Waals surface area contributed by atoms with Gasteiger partial charge in [0.15, 0.2) is 5.11 Å². The smallest absolute Gasteiger partial charge is 0.216 e. The fourth-order valence-corrected chi connectivity index (χ4v) is 3.31. The topological polar surface area (TPSA) is 53.2 Å². The van der Waals surface area contributed by atoms with E-state index in [0.29, 0.717) is 19.1 Å². The van der Waals surface area contributed by atoms with Gasteiger partial charge in [-0.25, -0.2) is 0 Å². The molecule has 0 aromatic carbocycles. The summed E-state index contributed by atoms with van der Waals surface area (Å²) in [6.07, 6.45) is 5.42. The Morgan fingerprint density at radius 2 is 2.00 bits per heavy atom. The molecule has 0 unspecified atom stereocenters. The fourth-order valence-electron chi connectivity index (χ4n) is 3.06. The van der Waals surface area contributed by atoms with E-state index in [-0.39, 0.29) is 5.91 Å². The number of rotatable bonds is 4. The molecule has 5 heteroatoms. The number of fused-ring (bicyclic) bond motifs is 2. The first kappa shape index (κ1) is 12.6. The SMILES string of the molecule is CC(=O)NCCNC(=S)N[C@@H]1C[C@H]2CC[C@H]1C2. The van der Waals surface area contributed by atoms with Gasteiger partial charge in [0.2, 0.25) is 5.91 Å². The minimum atomic E-state index is -0.00113. The highest BCUT2D eigenvalue weighted by Gasteiger charge is 2.39. The van der Waals surface area contributed by atoms with Gasteiger partial charge in [-0.1, -0.05) is 6.42 Å². The Morgan fingerprint density at radius 1 is 1.24 bits per heavy atom. The summed E-state index contributed by atoms with van der Waals surface area (Å²) in [7, 11) is 0. The highest BCUT2D eigenvalue weighted by Crippen LogP contribution is 2.44. The van der Waals surface area contributed by atoms with Crippen LogP contribution in [0.1, 0.15) is 32.6 Å². The van der Waals surface area contributed by atoms with Gasteiger partial charge < -0.3 is 16.0 Å². The van der Waals surface area contributed by atoms with Crippen molar-refractivity contribution >= 4 is 23.2 Å². The lowest BCUT2D eigenvalue weighted by Crippen LogP contribution is -2.46. The summed E-state index contributed by atoms with van der Waals surface area (Å²) < 4.78 is 0. The predicted molar refractivity (Wildman–Crippen MR) is 71.7 cm³/mol. The van der Waals surface area contributed by atoms with Gasteiger partial charge >= 0.3 is 0 Å². The molecule has 3 atom stereocenters. The molecule has 2 aliphatic rings. The zero-order valence-electron chi connectivity index (χ0n) is 10.3. The molecule has 17 heavy (non-hydrogen) atoms. The van der Waals surface area contributed by atoms with Crippen LogP contribution in [0, 0.1) is 11.8 Å². The van der Waals surface area contributed by atoms with E-state index in [1.165, 1.54) is 32.6 Å². The maximum Gasteiger partial charge on any atom is 0.216 e. The molecule has 2 saturated carbocycles. The van der Waals surface area contributed by atoms with Gasteiger partial charge in [-0.05, 0) is 43.3 Å². The number of thiocarbonyl (C=S) groups is 1. The Morgan fingerprint density at radius 3 is 2.59 bits per heavy atom. The number of hydrogen-bond acceptors (Lipinski definition) is 2. The van der Waals surface area contributed by atoms with Crippen LogP contribution in [0.2, 0.25) is 0 Å². The molecule has 0 heterocycles. The van der Waals surface area contributed by atoms with Crippen LogP contribution >= 0.6 is 12.2 Å². The first-order chi connectivity index (χ1) is 8.15. The number of hydrogen-bond donors (Lipinski definition) is 3. The quantitative estimate of drug-likeness (QED) is 0.513. The van der Waals surface area contributed by atoms with Crippen molar-refractivity contribution in [1.29, 1.82) is 0 Å². The summed E-state index contributed by atoms with van der Waals surface area (Å²) >= 11 is 5.25. The van der Waals surface area contributed by atoms with Crippen molar-refractivity contribution in [3.63, 3.8) is 0 Å². The molecular weight excluding hydrogens is 234 g/mol. The normalized spacial score (nSPS) is 30.1. The van der Waals surface area contributed by atoms with E-state index in [2.05, 4.69) is 16.0 Å². The highest BCUT2D eigenvalue weighted by atomic mass is 32.1. The molecule has 4 nitrogen and oxygen atoms in total. The van der Waals surface area contributed by atoms with Crippen LogP contribution in [0.3, 0.4) is 0 Å². The molecule has 0 aromatic heterocycles. The minimum Gasteiger partial charge on any atom is -0.361 e. The van der Waals surface area contributed by atoms with Crippen molar-refractivity contribution in [2.75, 3.05) is 13.1 Å². The van der Waals surface area contributed by atoms with Crippen molar-refractivity contribution in [2.45, 2.75) is 38.6 Å². The molecule has 2 rings (SSSR count). The summed E-state index contributed by atoms with van der Waals surface area (Å²) in [5.74, 6) is 1.76. The van der Waals surface area contributed by atoms with Crippen LogP contribution < -0.4 is 16.0 Å². The van der Waals surface area contributed by atoms with E-state index in [1.807, 2.05) is 0 Å². The molecule has 3 N–H and O–H groups in total. The van der Waals surface area contributed by atoms with Crippen LogP contribution in [-0.2, 0) is 4.79 Å². The van der Waals surface area contributed by atoms with Gasteiger partial charge in [0.25, 0.3) is 0 Å². The van der Waals surface area contributed by atoms with Crippen LogP contribution in [0.25, 0.3) is 0 Å². The molecule has 0 radical (unpaired) electrons. The molecule has 2 fully saturated rings. The number of carbonyl (C=O) groups is 1. The summed E-state index contributed by atoms with van der Waals surface area (Å²) in [5.41, 5.74) is 0. The van der Waals surface area contributed by atoms with Gasteiger partial charge in [-0.2, -0.15) is 0 Å². The zero-order chi connectivity index (χ0) is 12.3. The van der Waals surface area contributed by atoms with E-state index in [1.54, 1.807) is 0 Å². The van der Waals surface area contributed by atoms with Crippen molar-refractivity contribution < 1.29 is 4.79 Å². The first-order valence-electron chi connectivity index (χ1n) is 6.44.